The Morgan fingerprint density at radius 3 is 2.38 bits per heavy atom. The molecular weight excluding hydrogens is 338 g/mol. The van der Waals surface area contributed by atoms with E-state index in [0.717, 1.165) is 0 Å². The van der Waals surface area contributed by atoms with Crippen LogP contribution < -0.4 is 0 Å². The third-order valence-electron chi connectivity index (χ3n) is 3.94. The van der Waals surface area contributed by atoms with Crippen LogP contribution in [0.4, 0.5) is 4.79 Å². The number of likely N-dealkylation sites (tertiary alicyclic amines) is 1. The summed E-state index contributed by atoms with van der Waals surface area (Å²) in [4.78, 5) is 38.2. The molecule has 0 spiro atoms. The molecule has 1 fully saturated rings. The minimum atomic E-state index is -0.835. The molecule has 0 saturated carbocycles. The summed E-state index contributed by atoms with van der Waals surface area (Å²) in [5.74, 6) is -0.941. The fourth-order valence-corrected chi connectivity index (χ4v) is 2.65. The summed E-state index contributed by atoms with van der Waals surface area (Å²) in [5, 5.41) is 0. The molecule has 1 aromatic carbocycles. The molecule has 7 heteroatoms. The molecule has 0 aliphatic carbocycles. The van der Waals surface area contributed by atoms with Crippen LogP contribution in [0.1, 0.15) is 37.6 Å². The fraction of sp³-hybridized carbons (Fsp3) is 0.526. The number of esters is 1. The Morgan fingerprint density at radius 2 is 1.81 bits per heavy atom. The Hall–Kier alpha value is -2.41. The number of hydrogen-bond donors (Lipinski definition) is 0. The van der Waals surface area contributed by atoms with E-state index >= 15 is 0 Å². The Morgan fingerprint density at radius 1 is 1.15 bits per heavy atom. The molecule has 7 nitrogen and oxygen atoms in total. The van der Waals surface area contributed by atoms with Crippen molar-refractivity contribution < 1.29 is 28.6 Å². The summed E-state index contributed by atoms with van der Waals surface area (Å²) in [5.41, 5.74) is -0.217. The van der Waals surface area contributed by atoms with Gasteiger partial charge in [0, 0.05) is 19.1 Å². The standard InChI is InChI=1S/C19H25NO6/c1-19(2,3)26-18(23)20-11-14(24-4)10-15(20)17(22)25-12-16(21)13-8-6-5-7-9-13/h5-9,14-15H,10-12H2,1-4H3/t14-,15+/m1/s1. The molecule has 2 rings (SSSR count). The van der Waals surface area contributed by atoms with Crippen LogP contribution in [0.15, 0.2) is 30.3 Å². The van der Waals surface area contributed by atoms with E-state index in [1.54, 1.807) is 51.1 Å². The maximum Gasteiger partial charge on any atom is 0.411 e. The molecule has 0 bridgehead atoms. The van der Waals surface area contributed by atoms with Gasteiger partial charge in [-0.25, -0.2) is 9.59 Å². The Balaban J connectivity index is 2.00. The predicted molar refractivity (Wildman–Crippen MR) is 93.9 cm³/mol. The summed E-state index contributed by atoms with van der Waals surface area (Å²) in [6.07, 6.45) is -0.591. The van der Waals surface area contributed by atoms with Gasteiger partial charge in [-0.15, -0.1) is 0 Å². The van der Waals surface area contributed by atoms with Crippen molar-refractivity contribution in [2.75, 3.05) is 20.3 Å². The van der Waals surface area contributed by atoms with Crippen molar-refractivity contribution in [3.63, 3.8) is 0 Å². The summed E-state index contributed by atoms with van der Waals surface area (Å²) in [6, 6.07) is 7.74. The third-order valence-corrected chi connectivity index (χ3v) is 3.94. The van der Waals surface area contributed by atoms with Gasteiger partial charge < -0.3 is 14.2 Å². The molecule has 1 heterocycles. The van der Waals surface area contributed by atoms with Gasteiger partial charge in [-0.05, 0) is 20.8 Å². The van der Waals surface area contributed by atoms with Crippen LogP contribution in [0.25, 0.3) is 0 Å². The Bertz CT molecular complexity index is 652. The Labute approximate surface area is 153 Å². The molecule has 2 atom stereocenters. The van der Waals surface area contributed by atoms with Gasteiger partial charge in [0.25, 0.3) is 0 Å². The quantitative estimate of drug-likeness (QED) is 0.590. The van der Waals surface area contributed by atoms with E-state index in [1.165, 1.54) is 12.0 Å². The molecule has 0 radical (unpaired) electrons. The largest absolute Gasteiger partial charge is 0.456 e. The molecule has 1 aromatic rings. The SMILES string of the molecule is CO[C@@H]1C[C@@H](C(=O)OCC(=O)c2ccccc2)N(C(=O)OC(C)(C)C)C1. The average Bonchev–Trinajstić information content (AvgIpc) is 3.03. The molecule has 1 aliphatic rings. The van der Waals surface area contributed by atoms with Crippen LogP contribution >= 0.6 is 0 Å². The van der Waals surface area contributed by atoms with Crippen LogP contribution in [0.3, 0.4) is 0 Å². The number of methoxy groups -OCH3 is 1. The van der Waals surface area contributed by atoms with E-state index in [2.05, 4.69) is 0 Å². The van der Waals surface area contributed by atoms with Gasteiger partial charge >= 0.3 is 12.1 Å². The van der Waals surface area contributed by atoms with Gasteiger partial charge in [0.1, 0.15) is 11.6 Å². The molecular formula is C19H25NO6. The van der Waals surface area contributed by atoms with Gasteiger partial charge in [-0.1, -0.05) is 30.3 Å². The lowest BCUT2D eigenvalue weighted by Crippen LogP contribution is -2.44. The molecule has 0 aromatic heterocycles. The summed E-state index contributed by atoms with van der Waals surface area (Å²) >= 11 is 0. The number of Topliss-reactive ketones (excluding diaryl/α,β-unsaturated/α-hetero) is 1. The van der Waals surface area contributed by atoms with Crippen LogP contribution in [-0.4, -0.2) is 60.8 Å². The number of benzene rings is 1. The van der Waals surface area contributed by atoms with Gasteiger partial charge in [0.15, 0.2) is 12.4 Å². The fourth-order valence-electron chi connectivity index (χ4n) is 2.65. The number of amides is 1. The van der Waals surface area contributed by atoms with Crippen molar-refractivity contribution in [2.45, 2.75) is 44.9 Å². The Kier molecular flexibility index (Phi) is 6.37. The molecule has 1 saturated heterocycles. The van der Waals surface area contributed by atoms with Crippen molar-refractivity contribution in [3.8, 4) is 0 Å². The summed E-state index contributed by atoms with van der Waals surface area (Å²) in [6.45, 7) is 5.11. The van der Waals surface area contributed by atoms with Crippen molar-refractivity contribution in [2.24, 2.45) is 0 Å². The minimum absolute atomic E-state index is 0.234. The highest BCUT2D eigenvalue weighted by Gasteiger charge is 2.42. The van der Waals surface area contributed by atoms with E-state index in [9.17, 15) is 14.4 Å². The lowest BCUT2D eigenvalue weighted by molar-refractivity contribution is -0.147. The lowest BCUT2D eigenvalue weighted by Gasteiger charge is -2.27. The first-order chi connectivity index (χ1) is 12.2. The molecule has 26 heavy (non-hydrogen) atoms. The van der Waals surface area contributed by atoms with E-state index in [1.807, 2.05) is 0 Å². The van der Waals surface area contributed by atoms with Gasteiger partial charge in [0.2, 0.25) is 0 Å². The van der Waals surface area contributed by atoms with Crippen LogP contribution in [0.5, 0.6) is 0 Å². The highest BCUT2D eigenvalue weighted by molar-refractivity contribution is 5.98. The van der Waals surface area contributed by atoms with Crippen molar-refractivity contribution in [1.29, 1.82) is 0 Å². The first-order valence-electron chi connectivity index (χ1n) is 8.48. The zero-order valence-electron chi connectivity index (χ0n) is 15.6. The number of ketones is 1. The average molecular weight is 363 g/mol. The maximum absolute atomic E-state index is 12.4. The second-order valence-corrected chi connectivity index (χ2v) is 7.14. The third kappa shape index (κ3) is 5.29. The van der Waals surface area contributed by atoms with Gasteiger partial charge in [-0.2, -0.15) is 0 Å². The second kappa shape index (κ2) is 8.31. The van der Waals surface area contributed by atoms with E-state index in [0.29, 0.717) is 12.0 Å². The van der Waals surface area contributed by atoms with E-state index in [4.69, 9.17) is 14.2 Å². The van der Waals surface area contributed by atoms with Crippen LogP contribution in [0.2, 0.25) is 0 Å². The number of carbonyl (C=O) groups excluding carboxylic acids is 3. The minimum Gasteiger partial charge on any atom is -0.456 e. The summed E-state index contributed by atoms with van der Waals surface area (Å²) < 4.78 is 15.8. The highest BCUT2D eigenvalue weighted by atomic mass is 16.6. The number of carbonyl (C=O) groups is 3. The van der Waals surface area contributed by atoms with Gasteiger partial charge in [0.05, 0.1) is 12.6 Å². The first kappa shape index (κ1) is 19.9. The predicted octanol–water partition coefficient (Wildman–Crippen LogP) is 2.44. The zero-order chi connectivity index (χ0) is 19.3. The van der Waals surface area contributed by atoms with E-state index in [-0.39, 0.29) is 25.0 Å². The number of ether oxygens (including phenoxy) is 3. The highest BCUT2D eigenvalue weighted by Crippen LogP contribution is 2.24. The topological polar surface area (TPSA) is 82.1 Å². The normalized spacial score (nSPS) is 19.9. The number of nitrogens with zero attached hydrogens (tertiary/aromatic N) is 1. The van der Waals surface area contributed by atoms with Crippen molar-refractivity contribution in [1.82, 2.24) is 4.90 Å². The number of rotatable bonds is 5. The molecule has 0 unspecified atom stereocenters. The monoisotopic (exact) mass is 363 g/mol. The second-order valence-electron chi connectivity index (χ2n) is 7.14. The molecule has 1 amide bonds. The maximum atomic E-state index is 12.4. The zero-order valence-corrected chi connectivity index (χ0v) is 15.6. The van der Waals surface area contributed by atoms with E-state index < -0.39 is 23.7 Å². The van der Waals surface area contributed by atoms with Crippen LogP contribution in [-0.2, 0) is 19.0 Å². The number of hydrogen-bond acceptors (Lipinski definition) is 6. The molecule has 0 N–H and O–H groups in total. The molecule has 1 aliphatic heterocycles. The smallest absolute Gasteiger partial charge is 0.411 e. The van der Waals surface area contributed by atoms with Crippen LogP contribution in [0, 0.1) is 0 Å². The van der Waals surface area contributed by atoms with Crippen molar-refractivity contribution >= 4 is 17.8 Å². The van der Waals surface area contributed by atoms with Crippen molar-refractivity contribution in [3.05, 3.63) is 35.9 Å². The van der Waals surface area contributed by atoms with Gasteiger partial charge in [-0.3, -0.25) is 9.69 Å². The summed E-state index contributed by atoms with van der Waals surface area (Å²) in [7, 11) is 1.52. The lowest BCUT2D eigenvalue weighted by atomic mass is 10.1. The first-order valence-corrected chi connectivity index (χ1v) is 8.48. The molecule has 142 valence electrons.